The summed E-state index contributed by atoms with van der Waals surface area (Å²) in [5, 5.41) is 5.39. The number of methoxy groups -OCH3 is 1. The molecule has 2 amide bonds. The van der Waals surface area contributed by atoms with Crippen molar-refractivity contribution in [2.75, 3.05) is 17.7 Å². The molecule has 3 rings (SSSR count). The maximum absolute atomic E-state index is 13.3. The molecule has 0 aliphatic heterocycles. The van der Waals surface area contributed by atoms with Crippen LogP contribution in [-0.2, 0) is 11.2 Å². The van der Waals surface area contributed by atoms with Gasteiger partial charge in [-0.3, -0.25) is 9.59 Å². The van der Waals surface area contributed by atoms with Crippen LogP contribution >= 0.6 is 0 Å². The topological polar surface area (TPSA) is 67.4 Å². The number of nitrogens with one attached hydrogen (secondary N) is 2. The molecule has 0 atom stereocenters. The summed E-state index contributed by atoms with van der Waals surface area (Å²) in [4.78, 5) is 25.1. The van der Waals surface area contributed by atoms with Crippen LogP contribution in [0.5, 0.6) is 5.75 Å². The number of ether oxygens (including phenoxy) is 1. The van der Waals surface area contributed by atoms with Crippen LogP contribution < -0.4 is 15.4 Å². The summed E-state index contributed by atoms with van der Waals surface area (Å²) in [7, 11) is 1.54. The second-order valence-corrected chi connectivity index (χ2v) is 6.05. The molecule has 0 saturated heterocycles. The predicted molar refractivity (Wildman–Crippen MR) is 106 cm³/mol. The van der Waals surface area contributed by atoms with Gasteiger partial charge in [-0.2, -0.15) is 0 Å². The zero-order chi connectivity index (χ0) is 19.9. The summed E-state index contributed by atoms with van der Waals surface area (Å²) < 4.78 is 18.6. The van der Waals surface area contributed by atoms with E-state index >= 15 is 0 Å². The van der Waals surface area contributed by atoms with Gasteiger partial charge < -0.3 is 15.4 Å². The third kappa shape index (κ3) is 4.73. The van der Waals surface area contributed by atoms with Crippen molar-refractivity contribution in [1.82, 2.24) is 0 Å². The van der Waals surface area contributed by atoms with Gasteiger partial charge in [-0.05, 0) is 36.4 Å². The average molecular weight is 378 g/mol. The Hall–Kier alpha value is -3.67. The molecule has 0 unspecified atom stereocenters. The van der Waals surface area contributed by atoms with E-state index in [2.05, 4.69) is 10.6 Å². The van der Waals surface area contributed by atoms with Gasteiger partial charge >= 0.3 is 0 Å². The summed E-state index contributed by atoms with van der Waals surface area (Å²) >= 11 is 0. The molecule has 28 heavy (non-hydrogen) atoms. The number of carbonyl (C=O) groups is 2. The minimum Gasteiger partial charge on any atom is -0.496 e. The van der Waals surface area contributed by atoms with Gasteiger partial charge in [-0.1, -0.05) is 36.4 Å². The first kappa shape index (κ1) is 19.1. The van der Waals surface area contributed by atoms with E-state index in [-0.39, 0.29) is 17.9 Å². The Bertz CT molecular complexity index is 1000. The molecule has 0 spiro atoms. The lowest BCUT2D eigenvalue weighted by Crippen LogP contribution is -2.19. The number of para-hydroxylation sites is 2. The number of hydrogen-bond donors (Lipinski definition) is 2. The van der Waals surface area contributed by atoms with Gasteiger partial charge in [0, 0.05) is 11.3 Å². The number of carbonyl (C=O) groups excluding carboxylic acids is 2. The largest absolute Gasteiger partial charge is 0.496 e. The minimum atomic E-state index is -0.448. The Labute approximate surface area is 162 Å². The Morgan fingerprint density at radius 3 is 2.46 bits per heavy atom. The second-order valence-electron chi connectivity index (χ2n) is 6.05. The molecule has 0 bridgehead atoms. The Morgan fingerprint density at radius 2 is 1.68 bits per heavy atom. The van der Waals surface area contributed by atoms with Crippen LogP contribution in [0.1, 0.15) is 15.9 Å². The molecule has 6 heteroatoms. The number of halogens is 1. The van der Waals surface area contributed by atoms with Crippen LogP contribution in [0.15, 0.2) is 72.8 Å². The first-order valence-electron chi connectivity index (χ1n) is 8.64. The van der Waals surface area contributed by atoms with Gasteiger partial charge in [0.1, 0.15) is 11.6 Å². The zero-order valence-electron chi connectivity index (χ0n) is 15.2. The van der Waals surface area contributed by atoms with Crippen molar-refractivity contribution in [2.24, 2.45) is 0 Å². The molecular weight excluding hydrogens is 359 g/mol. The molecule has 3 aromatic carbocycles. The van der Waals surface area contributed by atoms with Crippen molar-refractivity contribution in [2.45, 2.75) is 6.42 Å². The number of amides is 2. The third-order valence-corrected chi connectivity index (χ3v) is 4.07. The average Bonchev–Trinajstić information content (AvgIpc) is 2.68. The molecule has 0 saturated carbocycles. The standard InChI is InChI=1S/C22H19FN2O3/c1-28-20-12-5-2-7-15(20)13-21(26)25-19-11-4-3-10-18(19)22(27)24-17-9-6-8-16(23)14-17/h2-12,14H,13H2,1H3,(H,24,27)(H,25,26). The lowest BCUT2D eigenvalue weighted by molar-refractivity contribution is -0.115. The van der Waals surface area contributed by atoms with E-state index in [1.165, 1.54) is 18.2 Å². The zero-order valence-corrected chi connectivity index (χ0v) is 15.2. The Kier molecular flexibility index (Phi) is 6.01. The monoisotopic (exact) mass is 378 g/mol. The number of benzene rings is 3. The molecule has 3 aromatic rings. The maximum Gasteiger partial charge on any atom is 0.257 e. The summed E-state index contributed by atoms with van der Waals surface area (Å²) in [6.07, 6.45) is 0.101. The van der Waals surface area contributed by atoms with Crippen LogP contribution in [0, 0.1) is 5.82 Å². The fourth-order valence-electron chi connectivity index (χ4n) is 2.77. The summed E-state index contributed by atoms with van der Waals surface area (Å²) in [6, 6.07) is 19.5. The fourth-order valence-corrected chi connectivity index (χ4v) is 2.77. The highest BCUT2D eigenvalue weighted by Gasteiger charge is 2.15. The lowest BCUT2D eigenvalue weighted by atomic mass is 10.1. The van der Waals surface area contributed by atoms with Crippen LogP contribution in [0.4, 0.5) is 15.8 Å². The van der Waals surface area contributed by atoms with Crippen molar-refractivity contribution in [3.8, 4) is 5.75 Å². The minimum absolute atomic E-state index is 0.101. The Balaban J connectivity index is 1.74. The van der Waals surface area contributed by atoms with Crippen LogP contribution in [-0.4, -0.2) is 18.9 Å². The van der Waals surface area contributed by atoms with Gasteiger partial charge in [0.2, 0.25) is 5.91 Å². The number of rotatable bonds is 6. The van der Waals surface area contributed by atoms with Crippen molar-refractivity contribution >= 4 is 23.2 Å². The molecule has 0 aliphatic carbocycles. The highest BCUT2D eigenvalue weighted by molar-refractivity contribution is 6.10. The van der Waals surface area contributed by atoms with Gasteiger partial charge in [0.15, 0.2) is 0 Å². The molecule has 0 heterocycles. The smallest absolute Gasteiger partial charge is 0.257 e. The van der Waals surface area contributed by atoms with Crippen molar-refractivity contribution in [3.63, 3.8) is 0 Å². The first-order valence-corrected chi connectivity index (χ1v) is 8.64. The highest BCUT2D eigenvalue weighted by Crippen LogP contribution is 2.21. The molecule has 142 valence electrons. The van der Waals surface area contributed by atoms with E-state index in [1.807, 2.05) is 12.1 Å². The van der Waals surface area contributed by atoms with Crippen LogP contribution in [0.2, 0.25) is 0 Å². The van der Waals surface area contributed by atoms with E-state index in [9.17, 15) is 14.0 Å². The van der Waals surface area contributed by atoms with Gasteiger partial charge in [0.25, 0.3) is 5.91 Å². The first-order chi connectivity index (χ1) is 13.6. The molecule has 2 N–H and O–H groups in total. The third-order valence-electron chi connectivity index (χ3n) is 4.07. The summed E-state index contributed by atoms with van der Waals surface area (Å²) in [5.41, 5.74) is 1.72. The molecule has 0 fully saturated rings. The molecule has 0 radical (unpaired) electrons. The fraction of sp³-hybridized carbons (Fsp3) is 0.0909. The predicted octanol–water partition coefficient (Wildman–Crippen LogP) is 4.27. The number of anilines is 2. The van der Waals surface area contributed by atoms with Gasteiger partial charge in [-0.25, -0.2) is 4.39 Å². The molecule has 5 nitrogen and oxygen atoms in total. The van der Waals surface area contributed by atoms with Crippen molar-refractivity contribution in [1.29, 1.82) is 0 Å². The van der Waals surface area contributed by atoms with E-state index in [1.54, 1.807) is 49.6 Å². The molecular formula is C22H19FN2O3. The molecule has 0 aromatic heterocycles. The summed E-state index contributed by atoms with van der Waals surface area (Å²) in [6.45, 7) is 0. The van der Waals surface area contributed by atoms with E-state index in [0.717, 1.165) is 5.56 Å². The van der Waals surface area contributed by atoms with Crippen LogP contribution in [0.3, 0.4) is 0 Å². The quantitative estimate of drug-likeness (QED) is 0.673. The van der Waals surface area contributed by atoms with Crippen molar-refractivity contribution in [3.05, 3.63) is 89.7 Å². The summed E-state index contributed by atoms with van der Waals surface area (Å²) in [5.74, 6) is -0.555. The lowest BCUT2D eigenvalue weighted by Gasteiger charge is -2.12. The SMILES string of the molecule is COc1ccccc1CC(=O)Nc1ccccc1C(=O)Nc1cccc(F)c1. The van der Waals surface area contributed by atoms with E-state index < -0.39 is 11.7 Å². The van der Waals surface area contributed by atoms with E-state index in [0.29, 0.717) is 17.1 Å². The normalized spacial score (nSPS) is 10.2. The Morgan fingerprint density at radius 1 is 0.929 bits per heavy atom. The van der Waals surface area contributed by atoms with Crippen molar-refractivity contribution < 1.29 is 18.7 Å². The maximum atomic E-state index is 13.3. The number of hydrogen-bond acceptors (Lipinski definition) is 3. The van der Waals surface area contributed by atoms with Crippen LogP contribution in [0.25, 0.3) is 0 Å². The molecule has 0 aliphatic rings. The van der Waals surface area contributed by atoms with E-state index in [4.69, 9.17) is 4.74 Å². The second kappa shape index (κ2) is 8.81. The van der Waals surface area contributed by atoms with Gasteiger partial charge in [-0.15, -0.1) is 0 Å². The highest BCUT2D eigenvalue weighted by atomic mass is 19.1. The van der Waals surface area contributed by atoms with Gasteiger partial charge in [0.05, 0.1) is 24.8 Å².